The molecule has 0 saturated heterocycles. The number of rotatable bonds is 2. The third-order valence-electron chi connectivity index (χ3n) is 1.77. The molecular formula is C9H5NO3S. The molecule has 14 heavy (non-hydrogen) atoms. The number of para-hydroxylation sites is 1. The number of aldehydes is 1. The summed E-state index contributed by atoms with van der Waals surface area (Å²) in [5.41, 5.74) is 0.513. The van der Waals surface area contributed by atoms with E-state index in [9.17, 15) is 9.59 Å². The third-order valence-corrected chi connectivity index (χ3v) is 2.71. The largest absolute Gasteiger partial charge is 0.478 e. The fraction of sp³-hybridized carbons (Fsp3) is 0. The van der Waals surface area contributed by atoms with Crippen molar-refractivity contribution in [1.82, 2.24) is 4.98 Å². The van der Waals surface area contributed by atoms with Crippen LogP contribution in [-0.2, 0) is 0 Å². The molecule has 1 N–H and O–H groups in total. The van der Waals surface area contributed by atoms with Crippen molar-refractivity contribution in [3.05, 3.63) is 28.8 Å². The van der Waals surface area contributed by atoms with E-state index in [1.165, 1.54) is 17.4 Å². The van der Waals surface area contributed by atoms with E-state index in [2.05, 4.69) is 4.98 Å². The Kier molecular flexibility index (Phi) is 2.01. The number of fused-ring (bicyclic) bond motifs is 1. The van der Waals surface area contributed by atoms with Crippen LogP contribution in [0.25, 0.3) is 10.2 Å². The number of thiazole rings is 1. The van der Waals surface area contributed by atoms with Crippen LogP contribution in [0.15, 0.2) is 18.2 Å². The standard InChI is InChI=1S/C9H5NO3S/c11-4-7-10-8-5(9(12)13)2-1-3-6(8)14-7/h1-4H,(H,12,13). The summed E-state index contributed by atoms with van der Waals surface area (Å²) in [5.74, 6) is -1.03. The van der Waals surface area contributed by atoms with Crippen LogP contribution in [-0.4, -0.2) is 22.3 Å². The molecule has 0 aliphatic rings. The van der Waals surface area contributed by atoms with Gasteiger partial charge in [0.15, 0.2) is 11.3 Å². The summed E-state index contributed by atoms with van der Waals surface area (Å²) < 4.78 is 0.715. The van der Waals surface area contributed by atoms with E-state index in [1.54, 1.807) is 12.1 Å². The van der Waals surface area contributed by atoms with Gasteiger partial charge in [-0.3, -0.25) is 4.79 Å². The highest BCUT2D eigenvalue weighted by atomic mass is 32.1. The second-order valence-electron chi connectivity index (χ2n) is 2.63. The number of aromatic carboxylic acids is 1. The van der Waals surface area contributed by atoms with E-state index in [1.807, 2.05) is 0 Å². The lowest BCUT2D eigenvalue weighted by Gasteiger charge is -1.93. The van der Waals surface area contributed by atoms with Gasteiger partial charge in [-0.15, -0.1) is 11.3 Å². The van der Waals surface area contributed by atoms with Gasteiger partial charge in [0.1, 0.15) is 0 Å². The second-order valence-corrected chi connectivity index (χ2v) is 3.69. The molecule has 0 saturated carbocycles. The average molecular weight is 207 g/mol. The molecule has 2 rings (SSSR count). The van der Waals surface area contributed by atoms with E-state index in [4.69, 9.17) is 5.11 Å². The molecule has 0 radical (unpaired) electrons. The maximum atomic E-state index is 10.8. The molecule has 70 valence electrons. The maximum Gasteiger partial charge on any atom is 0.337 e. The van der Waals surface area contributed by atoms with Crippen molar-refractivity contribution in [3.8, 4) is 0 Å². The molecule has 2 aromatic rings. The summed E-state index contributed by atoms with van der Waals surface area (Å²) in [6.07, 6.45) is 0.621. The quantitative estimate of drug-likeness (QED) is 0.762. The first kappa shape index (κ1) is 8.83. The Labute approximate surface area is 82.8 Å². The number of benzene rings is 1. The fourth-order valence-electron chi connectivity index (χ4n) is 1.19. The van der Waals surface area contributed by atoms with Crippen LogP contribution in [0.5, 0.6) is 0 Å². The third kappa shape index (κ3) is 1.27. The Morgan fingerprint density at radius 3 is 2.93 bits per heavy atom. The van der Waals surface area contributed by atoms with Crippen molar-refractivity contribution < 1.29 is 14.7 Å². The lowest BCUT2D eigenvalue weighted by molar-refractivity contribution is 0.0698. The van der Waals surface area contributed by atoms with Gasteiger partial charge >= 0.3 is 5.97 Å². The molecule has 4 nitrogen and oxygen atoms in total. The summed E-state index contributed by atoms with van der Waals surface area (Å²) in [5, 5.41) is 9.14. The van der Waals surface area contributed by atoms with Crippen LogP contribution in [0.2, 0.25) is 0 Å². The molecule has 1 aromatic heterocycles. The molecule has 5 heteroatoms. The Morgan fingerprint density at radius 1 is 1.50 bits per heavy atom. The summed E-state index contributed by atoms with van der Waals surface area (Å²) in [6, 6.07) is 4.85. The van der Waals surface area contributed by atoms with Gasteiger partial charge in [-0.25, -0.2) is 9.78 Å². The highest BCUT2D eigenvalue weighted by Crippen LogP contribution is 2.23. The number of carbonyl (C=O) groups is 2. The van der Waals surface area contributed by atoms with Crippen LogP contribution in [0.4, 0.5) is 0 Å². The van der Waals surface area contributed by atoms with Gasteiger partial charge in [0.2, 0.25) is 0 Å². The van der Waals surface area contributed by atoms with Gasteiger partial charge in [0, 0.05) is 0 Å². The van der Waals surface area contributed by atoms with Crippen molar-refractivity contribution in [2.45, 2.75) is 0 Å². The van der Waals surface area contributed by atoms with Gasteiger partial charge < -0.3 is 5.11 Å². The van der Waals surface area contributed by atoms with Crippen molar-refractivity contribution >= 4 is 33.8 Å². The monoisotopic (exact) mass is 207 g/mol. The van der Waals surface area contributed by atoms with Crippen LogP contribution in [0.1, 0.15) is 20.2 Å². The van der Waals surface area contributed by atoms with Crippen LogP contribution in [0, 0.1) is 0 Å². The predicted octanol–water partition coefficient (Wildman–Crippen LogP) is 1.81. The van der Waals surface area contributed by atoms with Crippen molar-refractivity contribution in [1.29, 1.82) is 0 Å². The molecule has 0 amide bonds. The first-order valence-electron chi connectivity index (χ1n) is 3.80. The predicted molar refractivity (Wildman–Crippen MR) is 52.0 cm³/mol. The van der Waals surface area contributed by atoms with E-state index >= 15 is 0 Å². The lowest BCUT2D eigenvalue weighted by Crippen LogP contribution is -1.96. The zero-order valence-electron chi connectivity index (χ0n) is 6.93. The Hall–Kier alpha value is -1.75. The van der Waals surface area contributed by atoms with Crippen LogP contribution >= 0.6 is 11.3 Å². The Balaban J connectivity index is 2.79. The molecule has 0 bridgehead atoms. The van der Waals surface area contributed by atoms with Crippen LogP contribution in [0.3, 0.4) is 0 Å². The SMILES string of the molecule is O=Cc1nc2c(C(=O)O)cccc2s1. The van der Waals surface area contributed by atoms with E-state index in [0.717, 1.165) is 0 Å². The molecule has 0 aliphatic heterocycles. The first-order valence-corrected chi connectivity index (χ1v) is 4.62. The first-order chi connectivity index (χ1) is 6.72. The minimum atomic E-state index is -1.03. The molecule has 1 heterocycles. The zero-order chi connectivity index (χ0) is 10.1. The fourth-order valence-corrected chi connectivity index (χ4v) is 2.00. The van der Waals surface area contributed by atoms with Gasteiger partial charge in [-0.1, -0.05) is 6.07 Å². The van der Waals surface area contributed by atoms with E-state index < -0.39 is 5.97 Å². The van der Waals surface area contributed by atoms with Crippen LogP contribution < -0.4 is 0 Å². The average Bonchev–Trinajstić information content (AvgIpc) is 2.59. The Bertz CT molecular complexity index is 518. The molecule has 0 atom stereocenters. The molecule has 0 spiro atoms. The summed E-state index contributed by atoms with van der Waals surface area (Å²) in [6.45, 7) is 0. The van der Waals surface area contributed by atoms with Crippen molar-refractivity contribution in [2.75, 3.05) is 0 Å². The number of hydrogen-bond donors (Lipinski definition) is 1. The molecule has 0 unspecified atom stereocenters. The molecular weight excluding hydrogens is 202 g/mol. The number of carboxylic acid groups (broad SMARTS) is 1. The lowest BCUT2D eigenvalue weighted by atomic mass is 10.2. The van der Waals surface area contributed by atoms with Gasteiger partial charge in [-0.05, 0) is 12.1 Å². The van der Waals surface area contributed by atoms with Gasteiger partial charge in [-0.2, -0.15) is 0 Å². The van der Waals surface area contributed by atoms with E-state index in [-0.39, 0.29) is 5.56 Å². The van der Waals surface area contributed by atoms with Gasteiger partial charge in [0.25, 0.3) is 0 Å². The normalized spacial score (nSPS) is 10.3. The summed E-state index contributed by atoms with van der Waals surface area (Å²) >= 11 is 1.19. The topological polar surface area (TPSA) is 67.3 Å². The Morgan fingerprint density at radius 2 is 2.29 bits per heavy atom. The highest BCUT2D eigenvalue weighted by molar-refractivity contribution is 7.20. The summed E-state index contributed by atoms with van der Waals surface area (Å²) in [4.78, 5) is 25.2. The zero-order valence-corrected chi connectivity index (χ0v) is 7.75. The number of carbonyl (C=O) groups excluding carboxylic acids is 1. The minimum absolute atomic E-state index is 0.131. The second kappa shape index (κ2) is 3.19. The van der Waals surface area contributed by atoms with Gasteiger partial charge in [0.05, 0.1) is 15.8 Å². The number of carboxylic acids is 1. The van der Waals surface area contributed by atoms with E-state index in [0.29, 0.717) is 21.5 Å². The molecule has 1 aromatic carbocycles. The van der Waals surface area contributed by atoms with Crippen molar-refractivity contribution in [3.63, 3.8) is 0 Å². The maximum absolute atomic E-state index is 10.8. The molecule has 0 fully saturated rings. The number of nitrogens with zero attached hydrogens (tertiary/aromatic N) is 1. The number of hydrogen-bond acceptors (Lipinski definition) is 4. The highest BCUT2D eigenvalue weighted by Gasteiger charge is 2.11. The number of aromatic nitrogens is 1. The summed E-state index contributed by atoms with van der Waals surface area (Å²) in [7, 11) is 0. The molecule has 0 aliphatic carbocycles. The smallest absolute Gasteiger partial charge is 0.337 e. The van der Waals surface area contributed by atoms with Crippen molar-refractivity contribution in [2.24, 2.45) is 0 Å². The minimum Gasteiger partial charge on any atom is -0.478 e.